The highest BCUT2D eigenvalue weighted by molar-refractivity contribution is 7.16. The molecule has 4 rings (SSSR count). The van der Waals surface area contributed by atoms with Crippen LogP contribution < -0.4 is 0 Å². The summed E-state index contributed by atoms with van der Waals surface area (Å²) in [6, 6.07) is 13.2. The molecule has 0 bridgehead atoms. The van der Waals surface area contributed by atoms with Gasteiger partial charge in [-0.1, -0.05) is 47.7 Å². The number of hydrogen-bond donors (Lipinski definition) is 0. The summed E-state index contributed by atoms with van der Waals surface area (Å²) in [5, 5.41) is 13.4. The lowest BCUT2D eigenvalue weighted by atomic mass is 10.1. The summed E-state index contributed by atoms with van der Waals surface area (Å²) in [6.07, 6.45) is 0.691. The summed E-state index contributed by atoms with van der Waals surface area (Å²) >= 11 is 1.35. The van der Waals surface area contributed by atoms with Crippen molar-refractivity contribution in [1.29, 1.82) is 0 Å². The molecule has 0 aliphatic heterocycles. The number of rotatable bonds is 4. The van der Waals surface area contributed by atoms with Gasteiger partial charge in [-0.25, -0.2) is 8.78 Å². The molecule has 0 fully saturated rings. The van der Waals surface area contributed by atoms with Gasteiger partial charge in [0.15, 0.2) is 5.82 Å². The Bertz CT molecular complexity index is 1010. The van der Waals surface area contributed by atoms with Crippen LogP contribution >= 0.6 is 11.3 Å². The van der Waals surface area contributed by atoms with E-state index in [2.05, 4.69) is 15.3 Å². The van der Waals surface area contributed by atoms with E-state index in [0.29, 0.717) is 34.8 Å². The fourth-order valence-corrected chi connectivity index (χ4v) is 3.37. The van der Waals surface area contributed by atoms with Crippen molar-refractivity contribution in [3.8, 4) is 0 Å². The number of aromatic nitrogens is 4. The van der Waals surface area contributed by atoms with Gasteiger partial charge < -0.3 is 0 Å². The Morgan fingerprint density at radius 1 is 0.833 bits per heavy atom. The number of halogens is 2. The Labute approximate surface area is 140 Å². The van der Waals surface area contributed by atoms with E-state index in [9.17, 15) is 8.78 Å². The Morgan fingerprint density at radius 2 is 1.46 bits per heavy atom. The average molecular weight is 342 g/mol. The smallest absolute Gasteiger partial charge is 0.207 e. The monoisotopic (exact) mass is 342 g/mol. The maximum atomic E-state index is 13.8. The fourth-order valence-electron chi connectivity index (χ4n) is 2.50. The molecule has 7 heteroatoms. The van der Waals surface area contributed by atoms with Gasteiger partial charge in [0.25, 0.3) is 0 Å². The van der Waals surface area contributed by atoms with E-state index in [4.69, 9.17) is 0 Å². The molecule has 2 heterocycles. The highest BCUT2D eigenvalue weighted by Gasteiger charge is 2.14. The molecule has 0 aliphatic carbocycles. The largest absolute Gasteiger partial charge is 0.234 e. The summed E-state index contributed by atoms with van der Waals surface area (Å²) in [5.41, 5.74) is 1.12. The van der Waals surface area contributed by atoms with Gasteiger partial charge in [0.2, 0.25) is 4.96 Å². The molecule has 0 aliphatic rings. The van der Waals surface area contributed by atoms with Crippen molar-refractivity contribution in [2.45, 2.75) is 12.8 Å². The van der Waals surface area contributed by atoms with Crippen molar-refractivity contribution in [1.82, 2.24) is 19.8 Å². The summed E-state index contributed by atoms with van der Waals surface area (Å²) in [6.45, 7) is 0. The minimum atomic E-state index is -0.281. The van der Waals surface area contributed by atoms with E-state index in [1.54, 1.807) is 40.9 Å². The van der Waals surface area contributed by atoms with Crippen LogP contribution in [0.5, 0.6) is 0 Å². The Kier molecular flexibility index (Phi) is 3.78. The van der Waals surface area contributed by atoms with Gasteiger partial charge >= 0.3 is 0 Å². The lowest BCUT2D eigenvalue weighted by Crippen LogP contribution is -2.00. The third-order valence-corrected chi connectivity index (χ3v) is 4.60. The lowest BCUT2D eigenvalue weighted by molar-refractivity contribution is 0.610. The van der Waals surface area contributed by atoms with E-state index in [1.807, 2.05) is 0 Å². The molecule has 0 amide bonds. The zero-order valence-electron chi connectivity index (χ0n) is 12.5. The SMILES string of the molecule is Fc1ccccc1Cc1nn2c(Cc3ccccc3F)nnc2s1. The van der Waals surface area contributed by atoms with E-state index in [0.717, 1.165) is 5.01 Å². The number of nitrogens with zero attached hydrogens (tertiary/aromatic N) is 4. The van der Waals surface area contributed by atoms with E-state index >= 15 is 0 Å². The van der Waals surface area contributed by atoms with Crippen LogP contribution in [0.1, 0.15) is 22.0 Å². The van der Waals surface area contributed by atoms with Gasteiger partial charge in [-0.05, 0) is 23.3 Å². The van der Waals surface area contributed by atoms with Crippen molar-refractivity contribution in [2.75, 3.05) is 0 Å². The Morgan fingerprint density at radius 3 is 2.12 bits per heavy atom. The predicted molar refractivity (Wildman–Crippen MR) is 87.1 cm³/mol. The van der Waals surface area contributed by atoms with Gasteiger partial charge in [-0.3, -0.25) is 0 Å². The summed E-state index contributed by atoms with van der Waals surface area (Å²) in [4.78, 5) is 0.618. The first-order valence-corrected chi connectivity index (χ1v) is 8.19. The first kappa shape index (κ1) is 14.9. The van der Waals surface area contributed by atoms with Gasteiger partial charge in [0.1, 0.15) is 16.6 Å². The molecule has 0 spiro atoms. The molecule has 2 aromatic carbocycles. The highest BCUT2D eigenvalue weighted by Crippen LogP contribution is 2.20. The van der Waals surface area contributed by atoms with Crippen LogP contribution in [0.4, 0.5) is 8.78 Å². The minimum absolute atomic E-state index is 0.255. The van der Waals surface area contributed by atoms with Gasteiger partial charge in [0.05, 0.1) is 0 Å². The molecule has 24 heavy (non-hydrogen) atoms. The van der Waals surface area contributed by atoms with Crippen LogP contribution in [0.3, 0.4) is 0 Å². The van der Waals surface area contributed by atoms with Gasteiger partial charge in [0, 0.05) is 12.8 Å². The minimum Gasteiger partial charge on any atom is -0.207 e. The molecular weight excluding hydrogens is 330 g/mol. The third kappa shape index (κ3) is 2.78. The van der Waals surface area contributed by atoms with Gasteiger partial charge in [-0.15, -0.1) is 10.2 Å². The number of fused-ring (bicyclic) bond motifs is 1. The molecule has 0 unspecified atom stereocenters. The highest BCUT2D eigenvalue weighted by atomic mass is 32.1. The lowest BCUT2D eigenvalue weighted by Gasteiger charge is -2.00. The van der Waals surface area contributed by atoms with Crippen molar-refractivity contribution >= 4 is 16.3 Å². The van der Waals surface area contributed by atoms with Crippen molar-refractivity contribution in [3.63, 3.8) is 0 Å². The van der Waals surface area contributed by atoms with Gasteiger partial charge in [-0.2, -0.15) is 9.61 Å². The zero-order valence-corrected chi connectivity index (χ0v) is 13.3. The van der Waals surface area contributed by atoms with Crippen LogP contribution in [0.2, 0.25) is 0 Å². The molecule has 0 atom stereocenters. The van der Waals surface area contributed by atoms with Crippen molar-refractivity contribution in [3.05, 3.63) is 82.1 Å². The van der Waals surface area contributed by atoms with Crippen molar-refractivity contribution in [2.24, 2.45) is 0 Å². The van der Waals surface area contributed by atoms with E-state index in [-0.39, 0.29) is 11.6 Å². The van der Waals surface area contributed by atoms with Crippen LogP contribution in [0.15, 0.2) is 48.5 Å². The maximum Gasteiger partial charge on any atom is 0.234 e. The molecule has 120 valence electrons. The van der Waals surface area contributed by atoms with Crippen LogP contribution in [0.25, 0.3) is 4.96 Å². The summed E-state index contributed by atoms with van der Waals surface area (Å²) in [5.74, 6) is 0.0252. The second-order valence-corrected chi connectivity index (χ2v) is 6.38. The number of hydrogen-bond acceptors (Lipinski definition) is 4. The second-order valence-electron chi connectivity index (χ2n) is 5.34. The van der Waals surface area contributed by atoms with Crippen LogP contribution in [-0.2, 0) is 12.8 Å². The fraction of sp³-hybridized carbons (Fsp3) is 0.118. The number of benzene rings is 2. The van der Waals surface area contributed by atoms with Crippen LogP contribution in [0, 0.1) is 11.6 Å². The van der Waals surface area contributed by atoms with Crippen molar-refractivity contribution < 1.29 is 8.78 Å². The average Bonchev–Trinajstić information content (AvgIpc) is 3.13. The molecular formula is C17H12F2N4S. The standard InChI is InChI=1S/C17H12F2N4S/c18-13-7-3-1-5-11(13)9-15-20-21-17-23(15)22-16(24-17)10-12-6-2-4-8-14(12)19/h1-8H,9-10H2. The molecule has 0 saturated carbocycles. The first-order valence-electron chi connectivity index (χ1n) is 7.37. The van der Waals surface area contributed by atoms with E-state index < -0.39 is 0 Å². The Hall–Kier alpha value is -2.67. The van der Waals surface area contributed by atoms with E-state index in [1.165, 1.54) is 23.5 Å². The quantitative estimate of drug-likeness (QED) is 0.569. The molecule has 0 N–H and O–H groups in total. The summed E-state index contributed by atoms with van der Waals surface area (Å²) in [7, 11) is 0. The second kappa shape index (κ2) is 6.09. The first-order chi connectivity index (χ1) is 11.7. The van der Waals surface area contributed by atoms with Crippen LogP contribution in [-0.4, -0.2) is 19.8 Å². The Balaban J connectivity index is 1.64. The summed E-state index contributed by atoms with van der Waals surface area (Å²) < 4.78 is 29.2. The zero-order chi connectivity index (χ0) is 16.5. The third-order valence-electron chi connectivity index (χ3n) is 3.70. The maximum absolute atomic E-state index is 13.8. The normalized spacial score (nSPS) is 11.2. The molecule has 0 radical (unpaired) electrons. The molecule has 4 nitrogen and oxygen atoms in total. The topological polar surface area (TPSA) is 43.1 Å². The molecule has 0 saturated heterocycles. The predicted octanol–water partition coefficient (Wildman–Crippen LogP) is 3.65. The molecule has 2 aromatic heterocycles. The molecule has 4 aromatic rings.